The van der Waals surface area contributed by atoms with E-state index in [4.69, 9.17) is 0 Å². The number of non-ortho nitro benzene ring substituents is 2. The van der Waals surface area contributed by atoms with Gasteiger partial charge in [-0.15, -0.1) is 0 Å². The Morgan fingerprint density at radius 1 is 0.920 bits per heavy atom. The van der Waals surface area contributed by atoms with Crippen molar-refractivity contribution in [3.05, 3.63) is 74.3 Å². The van der Waals surface area contributed by atoms with Gasteiger partial charge in [-0.2, -0.15) is 0 Å². The van der Waals surface area contributed by atoms with E-state index in [1.54, 1.807) is 19.1 Å². The van der Waals surface area contributed by atoms with E-state index in [9.17, 15) is 28.6 Å². The minimum absolute atomic E-state index is 0.0394. The molecule has 0 saturated carbocycles. The van der Waals surface area contributed by atoms with Crippen LogP contribution in [-0.2, 0) is 10.0 Å². The fourth-order valence-corrected chi connectivity index (χ4v) is 3.24. The van der Waals surface area contributed by atoms with Crippen LogP contribution in [0.25, 0.3) is 0 Å². The standard InChI is InChI=1S/C15H15N3O6S/c1-11(12-2-4-13(5-3-12)17(19)20)10-16-25(23,24)15-8-6-14(7-9-15)18(21)22/h2-9,11,16H,10H2,1H3. The minimum atomic E-state index is -3.81. The molecule has 1 unspecified atom stereocenters. The molecule has 0 amide bonds. The van der Waals surface area contributed by atoms with Crippen LogP contribution in [0.1, 0.15) is 18.4 Å². The van der Waals surface area contributed by atoms with Gasteiger partial charge in [0.15, 0.2) is 0 Å². The van der Waals surface area contributed by atoms with E-state index >= 15 is 0 Å². The number of sulfonamides is 1. The Balaban J connectivity index is 2.05. The molecule has 0 radical (unpaired) electrons. The molecule has 0 aromatic heterocycles. The van der Waals surface area contributed by atoms with Crippen molar-refractivity contribution in [1.29, 1.82) is 0 Å². The van der Waals surface area contributed by atoms with Crippen LogP contribution in [0.2, 0.25) is 0 Å². The maximum absolute atomic E-state index is 12.2. The summed E-state index contributed by atoms with van der Waals surface area (Å²) in [6, 6.07) is 10.4. The number of nitro benzene ring substituents is 2. The summed E-state index contributed by atoms with van der Waals surface area (Å²) in [5, 5.41) is 21.2. The first-order valence-corrected chi connectivity index (χ1v) is 8.67. The highest BCUT2D eigenvalue weighted by Crippen LogP contribution is 2.20. The van der Waals surface area contributed by atoms with Gasteiger partial charge in [-0.3, -0.25) is 20.2 Å². The van der Waals surface area contributed by atoms with E-state index in [0.29, 0.717) is 0 Å². The van der Waals surface area contributed by atoms with Crippen LogP contribution >= 0.6 is 0 Å². The van der Waals surface area contributed by atoms with Crippen LogP contribution in [0.15, 0.2) is 53.4 Å². The average Bonchev–Trinajstić information content (AvgIpc) is 2.60. The third-order valence-corrected chi connectivity index (χ3v) is 5.05. The molecule has 25 heavy (non-hydrogen) atoms. The minimum Gasteiger partial charge on any atom is -0.258 e. The first kappa shape index (κ1) is 18.5. The lowest BCUT2D eigenvalue weighted by molar-refractivity contribution is -0.385. The SMILES string of the molecule is CC(CNS(=O)(=O)c1ccc([N+](=O)[O-])cc1)c1ccc([N+](=O)[O-])cc1. The molecule has 0 aliphatic heterocycles. The van der Waals surface area contributed by atoms with Gasteiger partial charge in [0.1, 0.15) is 0 Å². The second kappa shape index (κ2) is 7.36. The number of hydrogen-bond acceptors (Lipinski definition) is 6. The summed E-state index contributed by atoms with van der Waals surface area (Å²) in [5.41, 5.74) is 0.512. The molecule has 0 bridgehead atoms. The second-order valence-corrected chi connectivity index (χ2v) is 7.12. The molecule has 1 atom stereocenters. The van der Waals surface area contributed by atoms with Crippen molar-refractivity contribution in [3.63, 3.8) is 0 Å². The molecule has 2 aromatic carbocycles. The maximum atomic E-state index is 12.2. The van der Waals surface area contributed by atoms with Gasteiger partial charge in [-0.05, 0) is 23.6 Å². The highest BCUT2D eigenvalue weighted by molar-refractivity contribution is 7.89. The summed E-state index contributed by atoms with van der Waals surface area (Å²) in [7, 11) is -3.81. The highest BCUT2D eigenvalue weighted by atomic mass is 32.2. The zero-order chi connectivity index (χ0) is 18.6. The van der Waals surface area contributed by atoms with Crippen LogP contribution < -0.4 is 4.72 Å². The highest BCUT2D eigenvalue weighted by Gasteiger charge is 2.17. The lowest BCUT2D eigenvalue weighted by Gasteiger charge is -2.13. The number of nitrogens with zero attached hydrogens (tertiary/aromatic N) is 2. The van der Waals surface area contributed by atoms with Crippen LogP contribution in [0, 0.1) is 20.2 Å². The lowest BCUT2D eigenvalue weighted by Crippen LogP contribution is -2.27. The summed E-state index contributed by atoms with van der Waals surface area (Å²) in [6.07, 6.45) is 0. The van der Waals surface area contributed by atoms with Crippen molar-refractivity contribution in [2.45, 2.75) is 17.7 Å². The second-order valence-electron chi connectivity index (χ2n) is 5.35. The zero-order valence-electron chi connectivity index (χ0n) is 13.2. The molecule has 0 spiro atoms. The average molecular weight is 365 g/mol. The Kier molecular flexibility index (Phi) is 5.45. The van der Waals surface area contributed by atoms with Crippen molar-refractivity contribution in [2.24, 2.45) is 0 Å². The monoisotopic (exact) mass is 365 g/mol. The Morgan fingerprint density at radius 2 is 1.36 bits per heavy atom. The molecular weight excluding hydrogens is 350 g/mol. The van der Waals surface area contributed by atoms with E-state index in [2.05, 4.69) is 4.72 Å². The third-order valence-electron chi connectivity index (χ3n) is 3.61. The normalized spacial score (nSPS) is 12.5. The molecular formula is C15H15N3O6S. The fraction of sp³-hybridized carbons (Fsp3) is 0.200. The predicted molar refractivity (Wildman–Crippen MR) is 89.8 cm³/mol. The van der Waals surface area contributed by atoms with Crippen LogP contribution in [0.4, 0.5) is 11.4 Å². The molecule has 0 aliphatic carbocycles. The Hall–Kier alpha value is -2.85. The van der Waals surface area contributed by atoms with Crippen molar-refractivity contribution in [1.82, 2.24) is 4.72 Å². The number of nitrogens with one attached hydrogen (secondary N) is 1. The number of hydrogen-bond donors (Lipinski definition) is 1. The molecule has 0 heterocycles. The van der Waals surface area contributed by atoms with E-state index < -0.39 is 19.9 Å². The number of benzene rings is 2. The third kappa shape index (κ3) is 4.58. The van der Waals surface area contributed by atoms with Gasteiger partial charge in [0.25, 0.3) is 11.4 Å². The first-order chi connectivity index (χ1) is 11.7. The van der Waals surface area contributed by atoms with Gasteiger partial charge >= 0.3 is 0 Å². The largest absolute Gasteiger partial charge is 0.269 e. The molecule has 1 N–H and O–H groups in total. The summed E-state index contributed by atoms with van der Waals surface area (Å²) in [5.74, 6) is -0.214. The molecule has 0 saturated heterocycles. The van der Waals surface area contributed by atoms with Gasteiger partial charge in [0.05, 0.1) is 14.7 Å². The van der Waals surface area contributed by atoms with Crippen molar-refractivity contribution < 1.29 is 18.3 Å². The quantitative estimate of drug-likeness (QED) is 0.592. The van der Waals surface area contributed by atoms with Gasteiger partial charge in [0.2, 0.25) is 10.0 Å². The molecule has 9 nitrogen and oxygen atoms in total. The molecule has 10 heteroatoms. The van der Waals surface area contributed by atoms with Crippen molar-refractivity contribution in [3.8, 4) is 0 Å². The molecule has 2 aromatic rings. The van der Waals surface area contributed by atoms with Gasteiger partial charge in [-0.25, -0.2) is 13.1 Å². The predicted octanol–water partition coefficient (Wildman–Crippen LogP) is 2.59. The summed E-state index contributed by atoms with van der Waals surface area (Å²) >= 11 is 0. The van der Waals surface area contributed by atoms with Crippen LogP contribution in [-0.4, -0.2) is 24.8 Å². The Labute approximate surface area is 143 Å². The number of nitro groups is 2. The molecule has 0 fully saturated rings. The van der Waals surface area contributed by atoms with E-state index in [1.165, 1.54) is 12.1 Å². The van der Waals surface area contributed by atoms with Crippen molar-refractivity contribution >= 4 is 21.4 Å². The Bertz CT molecular complexity index is 878. The maximum Gasteiger partial charge on any atom is 0.269 e. The van der Waals surface area contributed by atoms with Crippen LogP contribution in [0.5, 0.6) is 0 Å². The van der Waals surface area contributed by atoms with E-state index in [1.807, 2.05) is 0 Å². The smallest absolute Gasteiger partial charge is 0.258 e. The van der Waals surface area contributed by atoms with Gasteiger partial charge in [-0.1, -0.05) is 19.1 Å². The molecule has 0 aliphatic rings. The summed E-state index contributed by atoms with van der Waals surface area (Å²) in [4.78, 5) is 20.0. The zero-order valence-corrected chi connectivity index (χ0v) is 14.0. The summed E-state index contributed by atoms with van der Waals surface area (Å²) in [6.45, 7) is 1.86. The van der Waals surface area contributed by atoms with Gasteiger partial charge < -0.3 is 0 Å². The fourth-order valence-electron chi connectivity index (χ4n) is 2.11. The topological polar surface area (TPSA) is 132 Å². The Morgan fingerprint density at radius 3 is 1.80 bits per heavy atom. The molecule has 2 rings (SSSR count). The van der Waals surface area contributed by atoms with Crippen LogP contribution in [0.3, 0.4) is 0 Å². The lowest BCUT2D eigenvalue weighted by atomic mass is 10.0. The molecule has 132 valence electrons. The van der Waals surface area contributed by atoms with Crippen molar-refractivity contribution in [2.75, 3.05) is 6.54 Å². The van der Waals surface area contributed by atoms with E-state index in [0.717, 1.165) is 29.8 Å². The summed E-state index contributed by atoms with van der Waals surface area (Å²) < 4.78 is 26.9. The first-order valence-electron chi connectivity index (χ1n) is 7.19. The number of rotatable bonds is 7. The van der Waals surface area contributed by atoms with E-state index in [-0.39, 0.29) is 28.7 Å². The van der Waals surface area contributed by atoms with Gasteiger partial charge in [0, 0.05) is 30.8 Å².